The molecule has 0 aromatic carbocycles. The van der Waals surface area contributed by atoms with Gasteiger partial charge in [-0.1, -0.05) is 11.6 Å². The fourth-order valence-electron chi connectivity index (χ4n) is 5.87. The van der Waals surface area contributed by atoms with Crippen LogP contribution in [0.5, 0.6) is 0 Å². The van der Waals surface area contributed by atoms with E-state index in [1.54, 1.807) is 13.0 Å². The molecule has 1 heterocycles. The predicted molar refractivity (Wildman–Crippen MR) is 97.3 cm³/mol. The fraction of sp³-hybridized carbons (Fsp3) is 0.850. The van der Waals surface area contributed by atoms with Crippen LogP contribution in [0.25, 0.3) is 0 Å². The van der Waals surface area contributed by atoms with E-state index in [2.05, 4.69) is 0 Å². The molecule has 0 aromatic rings. The fourth-order valence-corrected chi connectivity index (χ4v) is 5.87. The molecule has 0 amide bonds. The van der Waals surface area contributed by atoms with Crippen LogP contribution >= 0.6 is 0 Å². The van der Waals surface area contributed by atoms with Gasteiger partial charge in [0.05, 0.1) is 24.7 Å². The molecule has 3 fully saturated rings. The average Bonchev–Trinajstić information content (AvgIpc) is 3.43. The largest absolute Gasteiger partial charge is 0.396 e. The van der Waals surface area contributed by atoms with Gasteiger partial charge in [0.1, 0.15) is 35.8 Å². The first-order chi connectivity index (χ1) is 13.5. The summed E-state index contributed by atoms with van der Waals surface area (Å²) in [5.74, 6) is -2.03. The Labute approximate surface area is 168 Å². The Balaban J connectivity index is 1.74. The first kappa shape index (κ1) is 21.3. The summed E-state index contributed by atoms with van der Waals surface area (Å²) in [6.45, 7) is 2.48. The average molecular weight is 414 g/mol. The first-order valence-corrected chi connectivity index (χ1v) is 10.1. The highest BCUT2D eigenvalue weighted by Crippen LogP contribution is 2.68. The van der Waals surface area contributed by atoms with Crippen molar-refractivity contribution in [2.45, 2.75) is 75.0 Å². The molecule has 1 spiro atoms. The van der Waals surface area contributed by atoms with Crippen LogP contribution in [0, 0.1) is 17.3 Å². The van der Waals surface area contributed by atoms with Crippen molar-refractivity contribution in [3.63, 3.8) is 0 Å². The van der Waals surface area contributed by atoms with E-state index in [1.165, 1.54) is 0 Å². The number of hydrogen-bond donors (Lipinski definition) is 6. The van der Waals surface area contributed by atoms with Gasteiger partial charge < -0.3 is 40.1 Å². The van der Waals surface area contributed by atoms with E-state index >= 15 is 0 Å². The number of carbonyl (C=O) groups is 1. The van der Waals surface area contributed by atoms with Crippen molar-refractivity contribution in [2.24, 2.45) is 17.3 Å². The molecule has 29 heavy (non-hydrogen) atoms. The van der Waals surface area contributed by atoms with Gasteiger partial charge >= 0.3 is 0 Å². The predicted octanol–water partition coefficient (Wildman–Crippen LogP) is -1.77. The van der Waals surface area contributed by atoms with Gasteiger partial charge in [0.25, 0.3) is 0 Å². The van der Waals surface area contributed by atoms with E-state index in [0.717, 1.165) is 18.4 Å². The van der Waals surface area contributed by atoms with Crippen molar-refractivity contribution in [3.8, 4) is 0 Å². The standard InChI is InChI=1S/C20H30O9/c1-9-5-20(29-17-15(26)14(25)13(24)11(8-22)28-17)6-10(7-21)12(23)16(20)18(2,27)19(9)3-4-19/h5,10-11,13-17,21-22,24-27H,3-4,6-8H2,1-2H3. The maximum Gasteiger partial charge on any atom is 0.187 e. The number of fused-ring (bicyclic) bond motifs is 1. The summed E-state index contributed by atoms with van der Waals surface area (Å²) in [6.07, 6.45) is -3.99. The minimum Gasteiger partial charge on any atom is -0.396 e. The molecule has 164 valence electrons. The lowest BCUT2D eigenvalue weighted by Crippen LogP contribution is -2.64. The molecule has 9 atom stereocenters. The number of ketones is 1. The number of Topliss-reactive ketones (excluding diaryl/α,β-unsaturated/α-hetero) is 1. The Hall–Kier alpha value is -0.910. The van der Waals surface area contributed by atoms with Crippen LogP contribution in [0.2, 0.25) is 0 Å². The lowest BCUT2D eigenvalue weighted by molar-refractivity contribution is -0.330. The SMILES string of the molecule is CC1=CC2(OC3OC(CO)C(O)C(O)C3O)CC(CO)C(=O)C2C(C)(O)C12CC2. The highest BCUT2D eigenvalue weighted by atomic mass is 16.7. The molecule has 1 saturated heterocycles. The molecule has 9 unspecified atom stereocenters. The van der Waals surface area contributed by atoms with Crippen molar-refractivity contribution in [2.75, 3.05) is 13.2 Å². The van der Waals surface area contributed by atoms with Gasteiger partial charge in [-0.3, -0.25) is 4.79 Å². The summed E-state index contributed by atoms with van der Waals surface area (Å²) in [7, 11) is 0. The zero-order valence-corrected chi connectivity index (χ0v) is 16.6. The normalized spacial score (nSPS) is 51.1. The van der Waals surface area contributed by atoms with Crippen LogP contribution in [0.15, 0.2) is 11.6 Å². The quantitative estimate of drug-likeness (QED) is 0.293. The number of rotatable bonds is 4. The van der Waals surface area contributed by atoms with Gasteiger partial charge in [0.15, 0.2) is 6.29 Å². The van der Waals surface area contributed by atoms with Crippen LogP contribution in [0.3, 0.4) is 0 Å². The second kappa shape index (κ2) is 6.80. The van der Waals surface area contributed by atoms with E-state index in [9.17, 15) is 35.4 Å². The Bertz CT molecular complexity index is 713. The highest BCUT2D eigenvalue weighted by molar-refractivity contribution is 5.90. The second-order valence-corrected chi connectivity index (χ2v) is 9.25. The maximum atomic E-state index is 13.1. The monoisotopic (exact) mass is 414 g/mol. The summed E-state index contributed by atoms with van der Waals surface area (Å²) in [5, 5.41) is 61.1. The lowest BCUT2D eigenvalue weighted by atomic mass is 9.61. The van der Waals surface area contributed by atoms with Gasteiger partial charge in [-0.25, -0.2) is 0 Å². The van der Waals surface area contributed by atoms with Gasteiger partial charge in [-0.2, -0.15) is 0 Å². The number of ether oxygens (including phenoxy) is 2. The molecule has 0 aromatic heterocycles. The van der Waals surface area contributed by atoms with Crippen molar-refractivity contribution in [1.82, 2.24) is 0 Å². The van der Waals surface area contributed by atoms with Crippen LogP contribution in [0.1, 0.15) is 33.1 Å². The highest BCUT2D eigenvalue weighted by Gasteiger charge is 2.72. The summed E-state index contributed by atoms with van der Waals surface area (Å²) in [5.41, 5.74) is -2.41. The van der Waals surface area contributed by atoms with E-state index in [1.807, 2.05) is 6.92 Å². The minimum atomic E-state index is -1.62. The van der Waals surface area contributed by atoms with Crippen LogP contribution in [-0.2, 0) is 14.3 Å². The molecule has 2 saturated carbocycles. The topological polar surface area (TPSA) is 157 Å². The summed E-state index contributed by atoms with van der Waals surface area (Å²) in [4.78, 5) is 13.1. The smallest absolute Gasteiger partial charge is 0.187 e. The van der Waals surface area contributed by atoms with E-state index < -0.39 is 72.4 Å². The lowest BCUT2D eigenvalue weighted by Gasteiger charge is -2.52. The third-order valence-corrected chi connectivity index (χ3v) is 7.64. The molecule has 9 nitrogen and oxygen atoms in total. The van der Waals surface area contributed by atoms with E-state index in [0.29, 0.717) is 0 Å². The zero-order chi connectivity index (χ0) is 21.4. The van der Waals surface area contributed by atoms with Gasteiger partial charge in [0, 0.05) is 11.3 Å². The minimum absolute atomic E-state index is 0.0889. The summed E-state index contributed by atoms with van der Waals surface area (Å²) in [6, 6.07) is 0. The Morgan fingerprint density at radius 2 is 1.79 bits per heavy atom. The second-order valence-electron chi connectivity index (χ2n) is 9.25. The summed E-state index contributed by atoms with van der Waals surface area (Å²) >= 11 is 0. The van der Waals surface area contributed by atoms with Crippen LogP contribution in [0.4, 0.5) is 0 Å². The van der Waals surface area contributed by atoms with Crippen LogP contribution in [-0.4, -0.2) is 91.5 Å². The number of carbonyl (C=O) groups excluding carboxylic acids is 1. The van der Waals surface area contributed by atoms with Crippen molar-refractivity contribution in [1.29, 1.82) is 0 Å². The molecule has 6 N–H and O–H groups in total. The molecular formula is C20H30O9. The molecule has 3 aliphatic carbocycles. The van der Waals surface area contributed by atoms with Crippen molar-refractivity contribution >= 4 is 5.78 Å². The van der Waals surface area contributed by atoms with Crippen LogP contribution < -0.4 is 0 Å². The van der Waals surface area contributed by atoms with E-state index in [-0.39, 0.29) is 12.2 Å². The molecule has 4 aliphatic rings. The first-order valence-electron chi connectivity index (χ1n) is 10.1. The molecule has 4 rings (SSSR count). The van der Waals surface area contributed by atoms with Crippen molar-refractivity contribution in [3.05, 3.63) is 11.6 Å². The number of hydrogen-bond acceptors (Lipinski definition) is 9. The Morgan fingerprint density at radius 1 is 1.14 bits per heavy atom. The number of aliphatic hydroxyl groups excluding tert-OH is 5. The zero-order valence-electron chi connectivity index (χ0n) is 16.6. The molecule has 0 radical (unpaired) electrons. The molecular weight excluding hydrogens is 384 g/mol. The van der Waals surface area contributed by atoms with Gasteiger partial charge in [0.2, 0.25) is 0 Å². The van der Waals surface area contributed by atoms with Gasteiger partial charge in [-0.15, -0.1) is 0 Å². The van der Waals surface area contributed by atoms with Crippen molar-refractivity contribution < 1.29 is 44.9 Å². The Morgan fingerprint density at radius 3 is 2.34 bits per heavy atom. The molecule has 0 bridgehead atoms. The summed E-state index contributed by atoms with van der Waals surface area (Å²) < 4.78 is 11.6. The number of aliphatic hydroxyl groups is 6. The van der Waals surface area contributed by atoms with Gasteiger partial charge in [-0.05, 0) is 33.1 Å². The molecule has 1 aliphatic heterocycles. The van der Waals surface area contributed by atoms with E-state index in [4.69, 9.17) is 9.47 Å². The molecule has 9 heteroatoms. The maximum absolute atomic E-state index is 13.1. The Kier molecular flexibility index (Phi) is 5.00. The third kappa shape index (κ3) is 2.80. The third-order valence-electron chi connectivity index (χ3n) is 7.64.